The van der Waals surface area contributed by atoms with Gasteiger partial charge < -0.3 is 0 Å². The quantitative estimate of drug-likeness (QED) is 0.687. The van der Waals surface area contributed by atoms with Gasteiger partial charge in [-0.15, -0.1) is 16.7 Å². The summed E-state index contributed by atoms with van der Waals surface area (Å²) in [7, 11) is 1.89. The molecule has 1 aromatic rings. The first-order valence-corrected chi connectivity index (χ1v) is 5.48. The van der Waals surface area contributed by atoms with Gasteiger partial charge in [-0.25, -0.2) is 0 Å². The second-order valence-corrected chi connectivity index (χ2v) is 4.15. The maximum Gasteiger partial charge on any atom is 0.0967 e. The predicted molar refractivity (Wildman–Crippen MR) is 55.2 cm³/mol. The van der Waals surface area contributed by atoms with E-state index in [1.807, 2.05) is 13.2 Å². The molecule has 4 nitrogen and oxygen atoms in total. The maximum absolute atomic E-state index is 5.76. The molecular formula is C9H15ClN4. The van der Waals surface area contributed by atoms with E-state index in [1.54, 1.807) is 4.68 Å². The fraction of sp³-hybridized carbons (Fsp3) is 0.778. The summed E-state index contributed by atoms with van der Waals surface area (Å²) in [6.45, 7) is 1.83. The van der Waals surface area contributed by atoms with Gasteiger partial charge in [-0.05, 0) is 12.8 Å². The average Bonchev–Trinajstić information content (AvgIpc) is 2.91. The number of alkyl halides is 1. The highest BCUT2D eigenvalue weighted by atomic mass is 35.5. The molecule has 0 radical (unpaired) electrons. The first kappa shape index (κ1) is 9.93. The maximum atomic E-state index is 5.76. The van der Waals surface area contributed by atoms with Gasteiger partial charge in [0.05, 0.1) is 5.69 Å². The minimum Gasteiger partial charge on any atom is -0.293 e. The standard InChI is InChI=1S/C9H15ClN4/c1-13-6-8(11-12-13)7-14(5-4-10)9-2-3-9/h6,9H,2-5,7H2,1H3. The molecule has 1 aliphatic carbocycles. The Morgan fingerprint density at radius 3 is 2.93 bits per heavy atom. The monoisotopic (exact) mass is 214 g/mol. The van der Waals surface area contributed by atoms with Gasteiger partial charge in [-0.2, -0.15) is 0 Å². The van der Waals surface area contributed by atoms with E-state index in [-0.39, 0.29) is 0 Å². The van der Waals surface area contributed by atoms with Crippen LogP contribution < -0.4 is 0 Å². The van der Waals surface area contributed by atoms with Crippen LogP contribution in [-0.2, 0) is 13.6 Å². The predicted octanol–water partition coefficient (Wildman–Crippen LogP) is 1.02. The van der Waals surface area contributed by atoms with Gasteiger partial charge >= 0.3 is 0 Å². The molecule has 5 heteroatoms. The fourth-order valence-corrected chi connectivity index (χ4v) is 1.83. The van der Waals surface area contributed by atoms with Crippen molar-refractivity contribution in [1.82, 2.24) is 19.9 Å². The number of aryl methyl sites for hydroxylation is 1. The molecule has 78 valence electrons. The molecule has 0 spiro atoms. The Morgan fingerprint density at radius 2 is 2.43 bits per heavy atom. The van der Waals surface area contributed by atoms with Crippen molar-refractivity contribution < 1.29 is 0 Å². The van der Waals surface area contributed by atoms with Gasteiger partial charge in [0.15, 0.2) is 0 Å². The SMILES string of the molecule is Cn1cc(CN(CCCl)C2CC2)nn1. The molecule has 0 N–H and O–H groups in total. The van der Waals surface area contributed by atoms with Crippen molar-refractivity contribution in [3.8, 4) is 0 Å². The minimum absolute atomic E-state index is 0.691. The van der Waals surface area contributed by atoms with Crippen LogP contribution in [0.1, 0.15) is 18.5 Å². The number of nitrogens with zero attached hydrogens (tertiary/aromatic N) is 4. The van der Waals surface area contributed by atoms with E-state index in [0.717, 1.165) is 24.8 Å². The lowest BCUT2D eigenvalue weighted by Gasteiger charge is -2.18. The van der Waals surface area contributed by atoms with Crippen LogP contribution in [0.4, 0.5) is 0 Å². The van der Waals surface area contributed by atoms with E-state index in [4.69, 9.17) is 11.6 Å². The zero-order valence-corrected chi connectivity index (χ0v) is 9.11. The first-order chi connectivity index (χ1) is 6.79. The van der Waals surface area contributed by atoms with E-state index in [0.29, 0.717) is 5.88 Å². The van der Waals surface area contributed by atoms with E-state index in [2.05, 4.69) is 15.2 Å². The van der Waals surface area contributed by atoms with Gasteiger partial charge in [0.2, 0.25) is 0 Å². The van der Waals surface area contributed by atoms with Gasteiger partial charge in [-0.3, -0.25) is 9.58 Å². The molecular weight excluding hydrogens is 200 g/mol. The van der Waals surface area contributed by atoms with Crippen molar-refractivity contribution in [2.75, 3.05) is 12.4 Å². The average molecular weight is 215 g/mol. The van der Waals surface area contributed by atoms with Gasteiger partial charge in [0.25, 0.3) is 0 Å². The van der Waals surface area contributed by atoms with Crippen molar-refractivity contribution >= 4 is 11.6 Å². The molecule has 0 unspecified atom stereocenters. The molecule has 1 aliphatic rings. The van der Waals surface area contributed by atoms with Crippen LogP contribution in [0.15, 0.2) is 6.20 Å². The van der Waals surface area contributed by atoms with E-state index in [1.165, 1.54) is 12.8 Å². The summed E-state index contributed by atoms with van der Waals surface area (Å²) in [6, 6.07) is 0.732. The highest BCUT2D eigenvalue weighted by Gasteiger charge is 2.28. The fourth-order valence-electron chi connectivity index (χ4n) is 1.61. The van der Waals surface area contributed by atoms with Crippen LogP contribution in [0, 0.1) is 0 Å². The summed E-state index contributed by atoms with van der Waals surface area (Å²) in [5.41, 5.74) is 1.03. The summed E-state index contributed by atoms with van der Waals surface area (Å²) in [5.74, 6) is 0.691. The number of hydrogen-bond acceptors (Lipinski definition) is 3. The number of rotatable bonds is 5. The van der Waals surface area contributed by atoms with E-state index in [9.17, 15) is 0 Å². The third kappa shape index (κ3) is 2.45. The van der Waals surface area contributed by atoms with Crippen molar-refractivity contribution in [2.45, 2.75) is 25.4 Å². The molecule has 1 aromatic heterocycles. The van der Waals surface area contributed by atoms with Crippen LogP contribution in [0.25, 0.3) is 0 Å². The molecule has 0 aromatic carbocycles. The van der Waals surface area contributed by atoms with Crippen LogP contribution in [0.5, 0.6) is 0 Å². The summed E-state index contributed by atoms with van der Waals surface area (Å²) in [5, 5.41) is 7.99. The summed E-state index contributed by atoms with van der Waals surface area (Å²) < 4.78 is 1.74. The third-order valence-electron chi connectivity index (χ3n) is 2.45. The smallest absolute Gasteiger partial charge is 0.0967 e. The number of hydrogen-bond donors (Lipinski definition) is 0. The zero-order chi connectivity index (χ0) is 9.97. The number of aromatic nitrogens is 3. The molecule has 1 heterocycles. The lowest BCUT2D eigenvalue weighted by Crippen LogP contribution is -2.27. The Bertz CT molecular complexity index is 295. The number of halogens is 1. The summed E-state index contributed by atoms with van der Waals surface area (Å²) >= 11 is 5.76. The van der Waals surface area contributed by atoms with Crippen molar-refractivity contribution in [3.63, 3.8) is 0 Å². The lowest BCUT2D eigenvalue weighted by atomic mass is 10.4. The van der Waals surface area contributed by atoms with Gasteiger partial charge in [0.1, 0.15) is 0 Å². The molecule has 0 atom stereocenters. The van der Waals surface area contributed by atoms with E-state index < -0.39 is 0 Å². The zero-order valence-electron chi connectivity index (χ0n) is 8.36. The Morgan fingerprint density at radius 1 is 1.64 bits per heavy atom. The van der Waals surface area contributed by atoms with E-state index >= 15 is 0 Å². The van der Waals surface area contributed by atoms with Gasteiger partial charge in [-0.1, -0.05) is 5.21 Å². The Labute approximate surface area is 88.8 Å². The minimum atomic E-state index is 0.691. The molecule has 1 saturated carbocycles. The van der Waals surface area contributed by atoms with Crippen molar-refractivity contribution in [2.24, 2.45) is 7.05 Å². The highest BCUT2D eigenvalue weighted by Crippen LogP contribution is 2.27. The highest BCUT2D eigenvalue weighted by molar-refractivity contribution is 6.18. The van der Waals surface area contributed by atoms with Crippen molar-refractivity contribution in [3.05, 3.63) is 11.9 Å². The Kier molecular flexibility index (Phi) is 3.03. The lowest BCUT2D eigenvalue weighted by molar-refractivity contribution is 0.267. The molecule has 0 saturated heterocycles. The summed E-state index contributed by atoms with van der Waals surface area (Å²) in [4.78, 5) is 2.39. The normalized spacial score (nSPS) is 16.5. The molecule has 14 heavy (non-hydrogen) atoms. The molecule has 0 aliphatic heterocycles. The first-order valence-electron chi connectivity index (χ1n) is 4.95. The molecule has 1 fully saturated rings. The van der Waals surface area contributed by atoms with Gasteiger partial charge in [0, 0.05) is 38.3 Å². The molecule has 2 rings (SSSR count). The third-order valence-corrected chi connectivity index (χ3v) is 2.62. The molecule has 0 amide bonds. The van der Waals surface area contributed by atoms with Crippen LogP contribution >= 0.6 is 11.6 Å². The van der Waals surface area contributed by atoms with Crippen molar-refractivity contribution in [1.29, 1.82) is 0 Å². The Hall–Kier alpha value is -0.610. The van der Waals surface area contributed by atoms with Crippen LogP contribution in [0.3, 0.4) is 0 Å². The second-order valence-electron chi connectivity index (χ2n) is 3.77. The summed E-state index contributed by atoms with van der Waals surface area (Å²) in [6.07, 6.45) is 4.57. The second kappa shape index (κ2) is 4.28. The topological polar surface area (TPSA) is 34.0 Å². The largest absolute Gasteiger partial charge is 0.293 e. The van der Waals surface area contributed by atoms with Crippen LogP contribution in [-0.4, -0.2) is 38.4 Å². The van der Waals surface area contributed by atoms with Crippen LogP contribution in [0.2, 0.25) is 0 Å². The molecule has 0 bridgehead atoms. The Balaban J connectivity index is 1.92.